The lowest BCUT2D eigenvalue weighted by Crippen LogP contribution is -2.49. The van der Waals surface area contributed by atoms with E-state index >= 15 is 0 Å². The van der Waals surface area contributed by atoms with Gasteiger partial charge in [-0.05, 0) is 55.2 Å². The highest BCUT2D eigenvalue weighted by atomic mass is 79.9. The van der Waals surface area contributed by atoms with E-state index in [2.05, 4.69) is 31.2 Å². The molecule has 4 atom stereocenters. The molecule has 1 saturated heterocycles. The summed E-state index contributed by atoms with van der Waals surface area (Å²) in [7, 11) is 0. The first-order valence-electron chi connectivity index (χ1n) is 11.7. The normalized spacial score (nSPS) is 22.4. The first-order chi connectivity index (χ1) is 17.6. The van der Waals surface area contributed by atoms with Crippen LogP contribution in [-0.2, 0) is 17.5 Å². The van der Waals surface area contributed by atoms with E-state index in [-0.39, 0.29) is 29.7 Å². The Morgan fingerprint density at radius 2 is 2.03 bits per heavy atom. The number of anilines is 2. The number of aliphatic hydroxyl groups excluding tert-OH is 1. The average molecular weight is 575 g/mol. The molecule has 192 valence electrons. The van der Waals surface area contributed by atoms with E-state index in [1.54, 1.807) is 16.7 Å². The van der Waals surface area contributed by atoms with Crippen LogP contribution in [0.2, 0.25) is 0 Å². The molecule has 2 aromatic heterocycles. The van der Waals surface area contributed by atoms with Crippen molar-refractivity contribution < 1.29 is 23.1 Å². The van der Waals surface area contributed by atoms with Gasteiger partial charge in [-0.25, -0.2) is 9.97 Å². The van der Waals surface area contributed by atoms with Gasteiger partial charge in [0.2, 0.25) is 5.91 Å². The smallest absolute Gasteiger partial charge is 0.383 e. The van der Waals surface area contributed by atoms with Crippen LogP contribution in [0.15, 0.2) is 53.3 Å². The number of benzene rings is 2. The molecule has 2 fully saturated rings. The van der Waals surface area contributed by atoms with E-state index in [0.717, 1.165) is 23.0 Å². The Balaban J connectivity index is 1.34. The number of nitrogen functional groups attached to an aromatic ring is 1. The molecular weight excluding hydrogens is 553 g/mol. The van der Waals surface area contributed by atoms with Gasteiger partial charge in [0, 0.05) is 21.6 Å². The van der Waals surface area contributed by atoms with Gasteiger partial charge < -0.3 is 20.7 Å². The number of piperidine rings is 1. The lowest BCUT2D eigenvalue weighted by molar-refractivity contribution is -0.137. The maximum absolute atomic E-state index is 13.4. The Kier molecular flexibility index (Phi) is 5.66. The quantitative estimate of drug-likeness (QED) is 0.326. The molecule has 1 aliphatic carbocycles. The topological polar surface area (TPSA) is 109 Å². The van der Waals surface area contributed by atoms with E-state index in [1.807, 2.05) is 17.0 Å². The maximum Gasteiger partial charge on any atom is 0.416 e. The zero-order chi connectivity index (χ0) is 26.1. The number of nitrogens with zero attached hydrogens (tertiary/aromatic N) is 4. The van der Waals surface area contributed by atoms with Crippen LogP contribution in [0.5, 0.6) is 0 Å². The zero-order valence-electron chi connectivity index (χ0n) is 19.3. The second-order valence-corrected chi connectivity index (χ2v) is 10.5. The number of carbonyl (C=O) groups is 1. The van der Waals surface area contributed by atoms with Gasteiger partial charge >= 0.3 is 6.18 Å². The number of amides is 1. The largest absolute Gasteiger partial charge is 0.416 e. The predicted octanol–water partition coefficient (Wildman–Crippen LogP) is 4.37. The van der Waals surface area contributed by atoms with Crippen molar-refractivity contribution in [3.05, 3.63) is 58.8 Å². The van der Waals surface area contributed by atoms with Crippen molar-refractivity contribution >= 4 is 55.3 Å². The van der Waals surface area contributed by atoms with E-state index in [4.69, 9.17) is 5.73 Å². The molecule has 2 aliphatic rings. The highest BCUT2D eigenvalue weighted by Gasteiger charge is 2.56. The van der Waals surface area contributed by atoms with Crippen molar-refractivity contribution in [1.29, 1.82) is 0 Å². The van der Waals surface area contributed by atoms with Crippen molar-refractivity contribution in [2.75, 3.05) is 11.1 Å². The fourth-order valence-corrected chi connectivity index (χ4v) is 5.91. The summed E-state index contributed by atoms with van der Waals surface area (Å²) in [5.74, 6) is 0.156. The van der Waals surface area contributed by atoms with Crippen molar-refractivity contribution in [1.82, 2.24) is 19.4 Å². The Morgan fingerprint density at radius 3 is 2.78 bits per heavy atom. The summed E-state index contributed by atoms with van der Waals surface area (Å²) in [6.45, 7) is -0.00823. The van der Waals surface area contributed by atoms with Crippen LogP contribution in [0.3, 0.4) is 0 Å². The van der Waals surface area contributed by atoms with Gasteiger partial charge in [0.05, 0.1) is 29.1 Å². The summed E-state index contributed by atoms with van der Waals surface area (Å²) in [5, 5.41) is 14.9. The van der Waals surface area contributed by atoms with Crippen LogP contribution in [-0.4, -0.2) is 48.8 Å². The summed E-state index contributed by atoms with van der Waals surface area (Å²) in [5.41, 5.74) is 6.64. The third kappa shape index (κ3) is 4.22. The van der Waals surface area contributed by atoms with E-state index in [1.165, 1.54) is 12.4 Å². The number of aromatic nitrogens is 3. The Morgan fingerprint density at radius 1 is 1.22 bits per heavy atom. The van der Waals surface area contributed by atoms with Gasteiger partial charge in [-0.2, -0.15) is 13.2 Å². The highest BCUT2D eigenvalue weighted by Crippen LogP contribution is 2.49. The SMILES string of the molecule is Nc1ncnc2c1c1cc(C(F)(F)F)ccc1n2CC(O)N1C2C[C@@H]2C[C@H]1C(=O)Nc1cccc(Br)c1. The Bertz CT molecular complexity index is 1540. The number of halogens is 4. The maximum atomic E-state index is 13.4. The molecule has 12 heteroatoms. The molecule has 6 rings (SSSR count). The minimum atomic E-state index is -4.53. The second kappa shape index (κ2) is 8.67. The molecule has 37 heavy (non-hydrogen) atoms. The number of hydrogen-bond acceptors (Lipinski definition) is 6. The minimum Gasteiger partial charge on any atom is -0.383 e. The minimum absolute atomic E-state index is 0.00823. The molecule has 0 spiro atoms. The van der Waals surface area contributed by atoms with Gasteiger partial charge in [-0.3, -0.25) is 9.69 Å². The number of aliphatic hydroxyl groups is 1. The molecule has 1 aliphatic heterocycles. The number of alkyl halides is 3. The molecule has 1 amide bonds. The van der Waals surface area contributed by atoms with Crippen LogP contribution in [0, 0.1) is 5.92 Å². The molecule has 8 nitrogen and oxygen atoms in total. The van der Waals surface area contributed by atoms with Gasteiger partial charge in [-0.15, -0.1) is 0 Å². The van der Waals surface area contributed by atoms with Crippen molar-refractivity contribution in [3.8, 4) is 0 Å². The van der Waals surface area contributed by atoms with E-state index in [0.29, 0.717) is 34.6 Å². The molecule has 3 heterocycles. The number of nitrogens with two attached hydrogens (primary N) is 1. The van der Waals surface area contributed by atoms with E-state index in [9.17, 15) is 23.1 Å². The summed E-state index contributed by atoms with van der Waals surface area (Å²) in [6, 6.07) is 10.2. The zero-order valence-corrected chi connectivity index (χ0v) is 20.9. The molecule has 2 aromatic carbocycles. The van der Waals surface area contributed by atoms with Gasteiger partial charge in [0.1, 0.15) is 24.0 Å². The number of nitrogens with one attached hydrogen (secondary N) is 1. The fourth-order valence-electron chi connectivity index (χ4n) is 5.51. The average Bonchev–Trinajstić information content (AvgIpc) is 3.38. The van der Waals surface area contributed by atoms with E-state index < -0.39 is 24.0 Å². The number of fused-ring (bicyclic) bond motifs is 4. The number of carbonyl (C=O) groups excluding carboxylic acids is 1. The summed E-state index contributed by atoms with van der Waals surface area (Å²) < 4.78 is 42.8. The number of hydrogen-bond donors (Lipinski definition) is 3. The van der Waals surface area contributed by atoms with Gasteiger partial charge in [-0.1, -0.05) is 22.0 Å². The Labute approximate surface area is 217 Å². The summed E-state index contributed by atoms with van der Waals surface area (Å²) >= 11 is 3.39. The molecule has 4 aromatic rings. The number of likely N-dealkylation sites (tertiary alicyclic amines) is 1. The van der Waals surface area contributed by atoms with Crippen molar-refractivity contribution in [2.24, 2.45) is 5.92 Å². The van der Waals surface area contributed by atoms with Crippen LogP contribution in [0.25, 0.3) is 21.9 Å². The lowest BCUT2D eigenvalue weighted by Gasteiger charge is -2.31. The summed E-state index contributed by atoms with van der Waals surface area (Å²) in [6.07, 6.45) is -2.86. The highest BCUT2D eigenvalue weighted by molar-refractivity contribution is 9.10. The molecule has 0 bridgehead atoms. The molecular formula is C25H22BrF3N6O2. The summed E-state index contributed by atoms with van der Waals surface area (Å²) in [4.78, 5) is 23.2. The molecule has 2 unspecified atom stereocenters. The van der Waals surface area contributed by atoms with Gasteiger partial charge in [0.15, 0.2) is 0 Å². The number of rotatable bonds is 5. The second-order valence-electron chi connectivity index (χ2n) is 9.54. The van der Waals surface area contributed by atoms with Crippen LogP contribution < -0.4 is 11.1 Å². The molecule has 1 saturated carbocycles. The monoisotopic (exact) mass is 574 g/mol. The first kappa shape index (κ1) is 24.1. The van der Waals surface area contributed by atoms with Crippen LogP contribution >= 0.6 is 15.9 Å². The van der Waals surface area contributed by atoms with Crippen molar-refractivity contribution in [3.63, 3.8) is 0 Å². The standard InChI is InChI=1S/C25H22BrF3N6O2/c26-14-2-1-3-15(9-14)33-24(37)19-7-12-6-18(12)35(19)20(36)10-34-17-5-4-13(25(27,28)29)8-16(17)21-22(30)31-11-32-23(21)34/h1-5,8-9,11-12,18-20,36H,6-7,10H2,(H,33,37)(H2,30,31,32)/t12-,18?,19+,20?/m1/s1. The van der Waals surface area contributed by atoms with Gasteiger partial charge in [0.25, 0.3) is 0 Å². The third-order valence-corrected chi connectivity index (χ3v) is 7.73. The molecule has 4 N–H and O–H groups in total. The van der Waals surface area contributed by atoms with Crippen molar-refractivity contribution in [2.45, 2.75) is 43.9 Å². The van der Waals surface area contributed by atoms with Crippen LogP contribution in [0.1, 0.15) is 18.4 Å². The Hall–Kier alpha value is -3.22. The lowest BCUT2D eigenvalue weighted by atomic mass is 10.1. The fraction of sp³-hybridized carbons (Fsp3) is 0.320. The predicted molar refractivity (Wildman–Crippen MR) is 135 cm³/mol. The molecule has 0 radical (unpaired) electrons. The van der Waals surface area contributed by atoms with Crippen LogP contribution in [0.4, 0.5) is 24.7 Å². The first-order valence-corrected chi connectivity index (χ1v) is 12.5. The third-order valence-electron chi connectivity index (χ3n) is 7.24.